The van der Waals surface area contributed by atoms with E-state index in [-0.39, 0.29) is 11.7 Å². The second kappa shape index (κ2) is 10.0. The van der Waals surface area contributed by atoms with Crippen molar-refractivity contribution in [3.05, 3.63) is 60.2 Å². The number of pyridine rings is 1. The number of hydrogen-bond donors (Lipinski definition) is 1. The van der Waals surface area contributed by atoms with Crippen molar-refractivity contribution in [3.8, 4) is 5.75 Å². The molecule has 2 aromatic rings. The Hall–Kier alpha value is -2.47. The largest absolute Gasteiger partial charge is 0.492 e. The van der Waals surface area contributed by atoms with Gasteiger partial charge in [0.15, 0.2) is 0 Å². The first kappa shape index (κ1) is 19.3. The van der Waals surface area contributed by atoms with Crippen LogP contribution in [0, 0.1) is 5.82 Å². The van der Waals surface area contributed by atoms with Crippen LogP contribution in [0.5, 0.6) is 5.75 Å². The van der Waals surface area contributed by atoms with Gasteiger partial charge in [0.2, 0.25) is 5.91 Å². The Morgan fingerprint density at radius 3 is 2.85 bits per heavy atom. The minimum Gasteiger partial charge on any atom is -0.492 e. The molecule has 6 heteroatoms. The number of carbonyl (C=O) groups is 1. The maximum absolute atomic E-state index is 12.8. The Bertz CT molecular complexity index is 709. The number of benzene rings is 1. The lowest BCUT2D eigenvalue weighted by Gasteiger charge is -2.25. The molecule has 1 fully saturated rings. The van der Waals surface area contributed by atoms with Crippen LogP contribution in [0.15, 0.2) is 48.8 Å². The van der Waals surface area contributed by atoms with E-state index < -0.39 is 0 Å². The highest BCUT2D eigenvalue weighted by Gasteiger charge is 2.29. The fourth-order valence-electron chi connectivity index (χ4n) is 3.36. The monoisotopic (exact) mass is 371 g/mol. The van der Waals surface area contributed by atoms with Crippen LogP contribution >= 0.6 is 0 Å². The van der Waals surface area contributed by atoms with E-state index in [0.717, 1.165) is 37.9 Å². The van der Waals surface area contributed by atoms with Crippen LogP contribution in [0.4, 0.5) is 4.39 Å². The molecule has 1 aromatic heterocycles. The number of amides is 1. The number of hydrogen-bond acceptors (Lipinski definition) is 4. The number of rotatable bonds is 10. The summed E-state index contributed by atoms with van der Waals surface area (Å²) in [7, 11) is 0. The Labute approximate surface area is 159 Å². The van der Waals surface area contributed by atoms with Crippen molar-refractivity contribution in [2.75, 3.05) is 26.2 Å². The number of carbonyl (C=O) groups excluding carboxylic acids is 1. The lowest BCUT2D eigenvalue weighted by molar-refractivity contribution is -0.129. The lowest BCUT2D eigenvalue weighted by Crippen LogP contribution is -2.37. The fourth-order valence-corrected chi connectivity index (χ4v) is 3.36. The standard InChI is InChI=1S/C21H26FN3O2/c22-18-3-6-20(7-4-18)27-15-13-23-12-9-19-5-8-21(26)25(19)14-10-17-2-1-11-24-16-17/h1-4,6-7,11,16,19,23H,5,8-10,12-15H2/t19-/m0/s1. The van der Waals surface area contributed by atoms with Gasteiger partial charge in [0.25, 0.3) is 0 Å². The van der Waals surface area contributed by atoms with E-state index >= 15 is 0 Å². The van der Waals surface area contributed by atoms with Gasteiger partial charge < -0.3 is 15.0 Å². The number of aromatic nitrogens is 1. The van der Waals surface area contributed by atoms with Crippen molar-refractivity contribution in [2.24, 2.45) is 0 Å². The first-order valence-corrected chi connectivity index (χ1v) is 9.50. The highest BCUT2D eigenvalue weighted by molar-refractivity contribution is 5.78. The highest BCUT2D eigenvalue weighted by Crippen LogP contribution is 2.21. The first-order valence-electron chi connectivity index (χ1n) is 9.50. The lowest BCUT2D eigenvalue weighted by atomic mass is 10.1. The molecular weight excluding hydrogens is 345 g/mol. The normalized spacial score (nSPS) is 16.7. The molecule has 0 bridgehead atoms. The van der Waals surface area contributed by atoms with Crippen molar-refractivity contribution in [1.29, 1.82) is 0 Å². The molecule has 1 aromatic carbocycles. The van der Waals surface area contributed by atoms with Crippen LogP contribution in [0.25, 0.3) is 0 Å². The number of nitrogens with one attached hydrogen (secondary N) is 1. The van der Waals surface area contributed by atoms with Crippen LogP contribution < -0.4 is 10.1 Å². The summed E-state index contributed by atoms with van der Waals surface area (Å²) in [5.74, 6) is 0.657. The Morgan fingerprint density at radius 2 is 2.07 bits per heavy atom. The van der Waals surface area contributed by atoms with Gasteiger partial charge in [0.1, 0.15) is 18.2 Å². The van der Waals surface area contributed by atoms with Gasteiger partial charge in [0.05, 0.1) is 0 Å². The van der Waals surface area contributed by atoms with Gasteiger partial charge in [-0.05, 0) is 61.7 Å². The predicted octanol–water partition coefficient (Wildman–Crippen LogP) is 2.81. The summed E-state index contributed by atoms with van der Waals surface area (Å²) >= 11 is 0. The molecule has 3 rings (SSSR count). The molecule has 2 heterocycles. The van der Waals surface area contributed by atoms with E-state index in [0.29, 0.717) is 31.4 Å². The summed E-state index contributed by atoms with van der Waals surface area (Å²) in [6, 6.07) is 10.3. The topological polar surface area (TPSA) is 54.5 Å². The molecule has 1 aliphatic rings. The first-order chi connectivity index (χ1) is 13.2. The quantitative estimate of drug-likeness (QED) is 0.653. The van der Waals surface area contributed by atoms with Crippen molar-refractivity contribution < 1.29 is 13.9 Å². The molecular formula is C21H26FN3O2. The summed E-state index contributed by atoms with van der Waals surface area (Å²) in [6.45, 7) is 2.84. The maximum Gasteiger partial charge on any atom is 0.222 e. The Morgan fingerprint density at radius 1 is 1.22 bits per heavy atom. The SMILES string of the molecule is O=C1CC[C@@H](CCNCCOc2ccc(F)cc2)N1CCc1cccnc1. The molecule has 144 valence electrons. The zero-order chi connectivity index (χ0) is 18.9. The summed E-state index contributed by atoms with van der Waals surface area (Å²) in [5, 5.41) is 3.36. The van der Waals surface area contributed by atoms with E-state index in [9.17, 15) is 9.18 Å². The van der Waals surface area contributed by atoms with Gasteiger partial charge in [-0.15, -0.1) is 0 Å². The van der Waals surface area contributed by atoms with Crippen molar-refractivity contribution in [3.63, 3.8) is 0 Å². The molecule has 1 N–H and O–H groups in total. The molecule has 0 spiro atoms. The van der Waals surface area contributed by atoms with Gasteiger partial charge >= 0.3 is 0 Å². The van der Waals surface area contributed by atoms with Crippen LogP contribution in [0.1, 0.15) is 24.8 Å². The van der Waals surface area contributed by atoms with Crippen LogP contribution in [0.2, 0.25) is 0 Å². The molecule has 0 saturated carbocycles. The number of nitrogens with zero attached hydrogens (tertiary/aromatic N) is 2. The average molecular weight is 371 g/mol. The third-order valence-corrected chi connectivity index (χ3v) is 4.83. The summed E-state index contributed by atoms with van der Waals surface area (Å²) in [6.07, 6.45) is 6.98. The highest BCUT2D eigenvalue weighted by atomic mass is 19.1. The minimum atomic E-state index is -0.264. The van der Waals surface area contributed by atoms with Crippen LogP contribution in [0.3, 0.4) is 0 Å². The van der Waals surface area contributed by atoms with E-state index in [2.05, 4.69) is 10.3 Å². The molecule has 1 amide bonds. The molecule has 1 atom stereocenters. The molecule has 27 heavy (non-hydrogen) atoms. The van der Waals surface area contributed by atoms with Crippen molar-refractivity contribution >= 4 is 5.91 Å². The van der Waals surface area contributed by atoms with Gasteiger partial charge in [-0.1, -0.05) is 6.07 Å². The molecule has 0 unspecified atom stereocenters. The number of halogens is 1. The summed E-state index contributed by atoms with van der Waals surface area (Å²) < 4.78 is 18.4. The number of likely N-dealkylation sites (tertiary alicyclic amines) is 1. The second-order valence-corrected chi connectivity index (χ2v) is 6.73. The zero-order valence-corrected chi connectivity index (χ0v) is 15.4. The molecule has 0 aliphatic carbocycles. The molecule has 5 nitrogen and oxygen atoms in total. The average Bonchev–Trinajstić information content (AvgIpc) is 3.04. The Balaban J connectivity index is 1.33. The van der Waals surface area contributed by atoms with E-state index in [1.54, 1.807) is 18.3 Å². The maximum atomic E-state index is 12.8. The van der Waals surface area contributed by atoms with Crippen molar-refractivity contribution in [1.82, 2.24) is 15.2 Å². The van der Waals surface area contributed by atoms with Crippen molar-refractivity contribution in [2.45, 2.75) is 31.7 Å². The predicted molar refractivity (Wildman–Crippen MR) is 102 cm³/mol. The van der Waals surface area contributed by atoms with E-state index in [4.69, 9.17) is 4.74 Å². The summed E-state index contributed by atoms with van der Waals surface area (Å²) in [5.41, 5.74) is 1.16. The van der Waals surface area contributed by atoms with Gasteiger partial charge in [-0.2, -0.15) is 0 Å². The zero-order valence-electron chi connectivity index (χ0n) is 15.4. The Kier molecular flexibility index (Phi) is 7.16. The van der Waals surface area contributed by atoms with Crippen LogP contribution in [-0.4, -0.2) is 48.1 Å². The van der Waals surface area contributed by atoms with Gasteiger partial charge in [0, 0.05) is 37.9 Å². The number of ether oxygens (including phenoxy) is 1. The summed E-state index contributed by atoms with van der Waals surface area (Å²) in [4.78, 5) is 18.3. The second-order valence-electron chi connectivity index (χ2n) is 6.73. The molecule has 1 aliphatic heterocycles. The third-order valence-electron chi connectivity index (χ3n) is 4.83. The van der Waals surface area contributed by atoms with Crippen LogP contribution in [-0.2, 0) is 11.2 Å². The molecule has 1 saturated heterocycles. The molecule has 0 radical (unpaired) electrons. The minimum absolute atomic E-state index is 0.253. The fraction of sp³-hybridized carbons (Fsp3) is 0.429. The smallest absolute Gasteiger partial charge is 0.222 e. The van der Waals surface area contributed by atoms with E-state index in [1.165, 1.54) is 12.1 Å². The van der Waals surface area contributed by atoms with Gasteiger partial charge in [-0.3, -0.25) is 9.78 Å². The van der Waals surface area contributed by atoms with Gasteiger partial charge in [-0.25, -0.2) is 4.39 Å². The van der Waals surface area contributed by atoms with E-state index in [1.807, 2.05) is 23.2 Å². The third kappa shape index (κ3) is 6.03.